The summed E-state index contributed by atoms with van der Waals surface area (Å²) in [7, 11) is 0. The first kappa shape index (κ1) is 12.2. The molecule has 0 saturated carbocycles. The highest BCUT2D eigenvalue weighted by atomic mass is 127. The highest BCUT2D eigenvalue weighted by Gasteiger charge is 2.10. The summed E-state index contributed by atoms with van der Waals surface area (Å²) in [6, 6.07) is 12.5. The van der Waals surface area contributed by atoms with Gasteiger partial charge in [-0.2, -0.15) is 0 Å². The number of benzene rings is 2. The molecule has 0 saturated heterocycles. The first-order valence-electron chi connectivity index (χ1n) is 5.66. The third-order valence-corrected chi connectivity index (χ3v) is 3.60. The van der Waals surface area contributed by atoms with Crippen LogP contribution in [-0.4, -0.2) is 15.8 Å². The van der Waals surface area contributed by atoms with Crippen molar-refractivity contribution in [3.8, 4) is 0 Å². The van der Waals surface area contributed by atoms with E-state index in [-0.39, 0.29) is 11.5 Å². The Bertz CT molecular complexity index is 815. The van der Waals surface area contributed by atoms with Gasteiger partial charge >= 0.3 is 5.69 Å². The molecule has 0 amide bonds. The van der Waals surface area contributed by atoms with Crippen LogP contribution >= 0.6 is 22.6 Å². The third-order valence-electron chi connectivity index (χ3n) is 2.88. The number of aromatic nitrogens is 2. The number of aromatic amines is 2. The molecule has 0 aliphatic heterocycles. The van der Waals surface area contributed by atoms with Crippen LogP contribution in [0.5, 0.6) is 0 Å². The maximum absolute atomic E-state index is 12.3. The van der Waals surface area contributed by atoms with Gasteiger partial charge in [0, 0.05) is 14.7 Å². The average molecular weight is 364 g/mol. The maximum Gasteiger partial charge on any atom is 0.323 e. The van der Waals surface area contributed by atoms with Gasteiger partial charge in [0.05, 0.1) is 11.0 Å². The number of carbonyl (C=O) groups is 1. The predicted molar refractivity (Wildman–Crippen MR) is 81.5 cm³/mol. The molecule has 5 heteroatoms. The summed E-state index contributed by atoms with van der Waals surface area (Å²) in [6.07, 6.45) is 0. The fraction of sp³-hybridized carbons (Fsp3) is 0. The summed E-state index contributed by atoms with van der Waals surface area (Å²) >= 11 is 2.19. The van der Waals surface area contributed by atoms with E-state index in [1.807, 2.05) is 12.1 Å². The quantitative estimate of drug-likeness (QED) is 0.543. The van der Waals surface area contributed by atoms with E-state index in [1.165, 1.54) is 0 Å². The zero-order valence-corrected chi connectivity index (χ0v) is 11.9. The maximum atomic E-state index is 12.3. The van der Waals surface area contributed by atoms with Crippen LogP contribution < -0.4 is 5.69 Å². The molecule has 94 valence electrons. The molecule has 19 heavy (non-hydrogen) atoms. The SMILES string of the molecule is O=C(c1ccc(I)cc1)c1ccc2[nH]c(=O)[nH]c2c1. The highest BCUT2D eigenvalue weighted by molar-refractivity contribution is 14.1. The number of hydrogen-bond acceptors (Lipinski definition) is 2. The van der Waals surface area contributed by atoms with Crippen molar-refractivity contribution >= 4 is 39.4 Å². The summed E-state index contributed by atoms with van der Waals surface area (Å²) < 4.78 is 1.08. The van der Waals surface area contributed by atoms with E-state index in [0.717, 1.165) is 3.57 Å². The molecule has 1 aromatic heterocycles. The van der Waals surface area contributed by atoms with Crippen molar-refractivity contribution in [1.82, 2.24) is 9.97 Å². The Morgan fingerprint density at radius 3 is 2.26 bits per heavy atom. The molecule has 0 aliphatic carbocycles. The monoisotopic (exact) mass is 364 g/mol. The molecule has 3 aromatic rings. The lowest BCUT2D eigenvalue weighted by Crippen LogP contribution is -2.01. The Kier molecular flexibility index (Phi) is 2.98. The second-order valence-corrected chi connectivity index (χ2v) is 5.42. The minimum atomic E-state index is -0.270. The van der Waals surface area contributed by atoms with Gasteiger partial charge in [-0.15, -0.1) is 0 Å². The molecule has 4 nitrogen and oxygen atoms in total. The first-order chi connectivity index (χ1) is 9.13. The number of halogens is 1. The number of nitrogens with one attached hydrogen (secondary N) is 2. The summed E-state index contributed by atoms with van der Waals surface area (Å²) in [5, 5.41) is 0. The minimum absolute atomic E-state index is 0.0552. The standard InChI is InChI=1S/C14H9IN2O2/c15-10-4-1-8(2-5-10)13(18)9-3-6-11-12(7-9)17-14(19)16-11/h1-7H,(H2,16,17,19). The predicted octanol–water partition coefficient (Wildman–Crippen LogP) is 2.69. The Labute approximate surface area is 122 Å². The number of H-pyrrole nitrogens is 2. The normalized spacial score (nSPS) is 10.8. The van der Waals surface area contributed by atoms with Crippen molar-refractivity contribution in [1.29, 1.82) is 0 Å². The van der Waals surface area contributed by atoms with E-state index in [4.69, 9.17) is 0 Å². The number of carbonyl (C=O) groups excluding carboxylic acids is 1. The molecule has 0 spiro atoms. The van der Waals surface area contributed by atoms with Gasteiger partial charge in [-0.3, -0.25) is 4.79 Å². The van der Waals surface area contributed by atoms with Gasteiger partial charge in [0.1, 0.15) is 0 Å². The first-order valence-corrected chi connectivity index (χ1v) is 6.74. The van der Waals surface area contributed by atoms with Gasteiger partial charge in [-0.1, -0.05) is 0 Å². The van der Waals surface area contributed by atoms with E-state index < -0.39 is 0 Å². The van der Waals surface area contributed by atoms with Crippen LogP contribution in [0.4, 0.5) is 0 Å². The Hall–Kier alpha value is -1.89. The smallest absolute Gasteiger partial charge is 0.306 e. The van der Waals surface area contributed by atoms with Gasteiger partial charge in [0.25, 0.3) is 0 Å². The molecule has 3 rings (SSSR count). The fourth-order valence-corrected chi connectivity index (χ4v) is 2.30. The summed E-state index contributed by atoms with van der Waals surface area (Å²) in [5.41, 5.74) is 2.26. The molecular weight excluding hydrogens is 355 g/mol. The Morgan fingerprint density at radius 2 is 1.53 bits per heavy atom. The van der Waals surface area contributed by atoms with Crippen molar-refractivity contribution in [2.45, 2.75) is 0 Å². The minimum Gasteiger partial charge on any atom is -0.306 e. The van der Waals surface area contributed by atoms with E-state index in [9.17, 15) is 9.59 Å². The van der Waals surface area contributed by atoms with Crippen LogP contribution in [0.25, 0.3) is 11.0 Å². The van der Waals surface area contributed by atoms with Crippen LogP contribution in [0.1, 0.15) is 15.9 Å². The van der Waals surface area contributed by atoms with E-state index in [0.29, 0.717) is 22.2 Å². The summed E-state index contributed by atoms with van der Waals surface area (Å²) in [6.45, 7) is 0. The van der Waals surface area contributed by atoms with Gasteiger partial charge in [0.15, 0.2) is 5.78 Å². The van der Waals surface area contributed by atoms with Crippen molar-refractivity contribution < 1.29 is 4.79 Å². The fourth-order valence-electron chi connectivity index (χ4n) is 1.94. The number of ketones is 1. The molecular formula is C14H9IN2O2. The molecule has 0 unspecified atom stereocenters. The molecule has 2 N–H and O–H groups in total. The second kappa shape index (κ2) is 4.65. The van der Waals surface area contributed by atoms with E-state index in [1.54, 1.807) is 30.3 Å². The molecule has 0 fully saturated rings. The van der Waals surface area contributed by atoms with Gasteiger partial charge in [-0.05, 0) is 65.1 Å². The molecule has 2 aromatic carbocycles. The van der Waals surface area contributed by atoms with Gasteiger partial charge in [0.2, 0.25) is 0 Å². The summed E-state index contributed by atoms with van der Waals surface area (Å²) in [5.74, 6) is -0.0552. The molecule has 0 radical (unpaired) electrons. The van der Waals surface area contributed by atoms with Crippen LogP contribution in [0.2, 0.25) is 0 Å². The lowest BCUT2D eigenvalue weighted by molar-refractivity contribution is 0.103. The third kappa shape index (κ3) is 2.33. The Morgan fingerprint density at radius 1 is 0.895 bits per heavy atom. The zero-order valence-electron chi connectivity index (χ0n) is 9.74. The number of imidazole rings is 1. The van der Waals surface area contributed by atoms with Crippen LogP contribution in [0.3, 0.4) is 0 Å². The summed E-state index contributed by atoms with van der Waals surface area (Å²) in [4.78, 5) is 28.8. The van der Waals surface area contributed by atoms with Crippen LogP contribution in [0, 0.1) is 3.57 Å². The molecule has 0 aliphatic rings. The Balaban J connectivity index is 2.05. The number of fused-ring (bicyclic) bond motifs is 1. The molecule has 0 bridgehead atoms. The van der Waals surface area contributed by atoms with Crippen LogP contribution in [0.15, 0.2) is 47.3 Å². The lowest BCUT2D eigenvalue weighted by Gasteiger charge is -2.01. The van der Waals surface area contributed by atoms with Crippen molar-refractivity contribution in [3.63, 3.8) is 0 Å². The van der Waals surface area contributed by atoms with Gasteiger partial charge in [-0.25, -0.2) is 4.79 Å². The largest absolute Gasteiger partial charge is 0.323 e. The van der Waals surface area contributed by atoms with Gasteiger partial charge < -0.3 is 9.97 Å². The van der Waals surface area contributed by atoms with Crippen molar-refractivity contribution in [2.24, 2.45) is 0 Å². The van der Waals surface area contributed by atoms with E-state index >= 15 is 0 Å². The number of rotatable bonds is 2. The second-order valence-electron chi connectivity index (χ2n) is 4.18. The topological polar surface area (TPSA) is 65.7 Å². The van der Waals surface area contributed by atoms with Crippen molar-refractivity contribution in [2.75, 3.05) is 0 Å². The van der Waals surface area contributed by atoms with Crippen LogP contribution in [-0.2, 0) is 0 Å². The lowest BCUT2D eigenvalue weighted by atomic mass is 10.0. The van der Waals surface area contributed by atoms with Crippen molar-refractivity contribution in [3.05, 3.63) is 67.6 Å². The molecule has 1 heterocycles. The highest BCUT2D eigenvalue weighted by Crippen LogP contribution is 2.15. The van der Waals surface area contributed by atoms with E-state index in [2.05, 4.69) is 32.6 Å². The zero-order chi connectivity index (χ0) is 13.4. The average Bonchev–Trinajstić information content (AvgIpc) is 2.77. The number of hydrogen-bond donors (Lipinski definition) is 2. The molecule has 0 atom stereocenters.